The summed E-state index contributed by atoms with van der Waals surface area (Å²) in [5.41, 5.74) is 1.25. The number of aryl methyl sites for hydroxylation is 1. The van der Waals surface area contributed by atoms with Gasteiger partial charge in [0, 0.05) is 5.56 Å². The SMILES string of the molecule is Cc1cccc(-c2nnc(SCC(=O)NC3(C#N)CCCCC3)o2)c1. The Bertz CT molecular complexity index is 790. The van der Waals surface area contributed by atoms with Crippen molar-refractivity contribution in [2.75, 3.05) is 5.75 Å². The standard InChI is InChI=1S/C18H20N4O2S/c1-13-6-5-7-14(10-13)16-21-22-17(24-16)25-11-15(23)20-18(12-19)8-3-2-4-9-18/h5-7,10H,2-4,8-9,11H2,1H3,(H,20,23). The number of carbonyl (C=O) groups is 1. The molecule has 1 heterocycles. The molecule has 1 fully saturated rings. The van der Waals surface area contributed by atoms with Gasteiger partial charge in [0.25, 0.3) is 5.22 Å². The molecule has 3 rings (SSSR count). The Hall–Kier alpha value is -2.33. The van der Waals surface area contributed by atoms with E-state index in [9.17, 15) is 10.1 Å². The van der Waals surface area contributed by atoms with Crippen molar-refractivity contribution in [3.8, 4) is 17.5 Å². The first-order chi connectivity index (χ1) is 12.1. The zero-order valence-corrected chi connectivity index (χ0v) is 14.9. The van der Waals surface area contributed by atoms with Gasteiger partial charge in [-0.25, -0.2) is 0 Å². The molecule has 0 saturated heterocycles. The third-order valence-corrected chi connectivity index (χ3v) is 5.12. The molecule has 1 aliphatic carbocycles. The smallest absolute Gasteiger partial charge is 0.277 e. The molecule has 6 nitrogen and oxygen atoms in total. The van der Waals surface area contributed by atoms with Gasteiger partial charge in [-0.05, 0) is 31.9 Å². The van der Waals surface area contributed by atoms with Gasteiger partial charge in [0.1, 0.15) is 5.54 Å². The zero-order chi connectivity index (χ0) is 17.7. The van der Waals surface area contributed by atoms with Crippen molar-refractivity contribution < 1.29 is 9.21 Å². The Morgan fingerprint density at radius 1 is 1.36 bits per heavy atom. The number of hydrogen-bond acceptors (Lipinski definition) is 6. The van der Waals surface area contributed by atoms with Crippen molar-refractivity contribution in [2.24, 2.45) is 0 Å². The van der Waals surface area contributed by atoms with Gasteiger partial charge in [-0.1, -0.05) is 48.7 Å². The maximum atomic E-state index is 12.2. The molecule has 2 aromatic rings. The molecule has 1 N–H and O–H groups in total. The molecule has 25 heavy (non-hydrogen) atoms. The minimum atomic E-state index is -0.711. The van der Waals surface area contributed by atoms with E-state index >= 15 is 0 Å². The van der Waals surface area contributed by atoms with Crippen LogP contribution in [0.3, 0.4) is 0 Å². The summed E-state index contributed by atoms with van der Waals surface area (Å²) in [6.45, 7) is 2.00. The average Bonchev–Trinajstić information content (AvgIpc) is 3.10. The fraction of sp³-hybridized carbons (Fsp3) is 0.444. The molecule has 0 bridgehead atoms. The van der Waals surface area contributed by atoms with E-state index < -0.39 is 5.54 Å². The third kappa shape index (κ3) is 4.40. The van der Waals surface area contributed by atoms with Crippen LogP contribution >= 0.6 is 11.8 Å². The van der Waals surface area contributed by atoms with Gasteiger partial charge in [0.05, 0.1) is 11.8 Å². The fourth-order valence-electron chi connectivity index (χ4n) is 3.01. The van der Waals surface area contributed by atoms with E-state index in [1.807, 2.05) is 31.2 Å². The number of nitrogens with zero attached hydrogens (tertiary/aromatic N) is 3. The number of nitriles is 1. The summed E-state index contributed by atoms with van der Waals surface area (Å²) >= 11 is 1.18. The highest BCUT2D eigenvalue weighted by molar-refractivity contribution is 7.99. The molecule has 0 radical (unpaired) electrons. The molecular weight excluding hydrogens is 336 g/mol. The Morgan fingerprint density at radius 2 is 2.16 bits per heavy atom. The van der Waals surface area contributed by atoms with E-state index in [2.05, 4.69) is 21.6 Å². The molecule has 1 saturated carbocycles. The summed E-state index contributed by atoms with van der Waals surface area (Å²) < 4.78 is 5.61. The molecule has 0 unspecified atom stereocenters. The van der Waals surface area contributed by atoms with Gasteiger partial charge in [-0.2, -0.15) is 5.26 Å². The van der Waals surface area contributed by atoms with Gasteiger partial charge in [0.15, 0.2) is 0 Å². The lowest BCUT2D eigenvalue weighted by Crippen LogP contribution is -2.49. The predicted molar refractivity (Wildman–Crippen MR) is 94.8 cm³/mol. The van der Waals surface area contributed by atoms with Crippen molar-refractivity contribution in [3.05, 3.63) is 29.8 Å². The van der Waals surface area contributed by atoms with E-state index in [0.717, 1.165) is 43.2 Å². The van der Waals surface area contributed by atoms with E-state index in [4.69, 9.17) is 4.42 Å². The topological polar surface area (TPSA) is 91.8 Å². The largest absolute Gasteiger partial charge is 0.411 e. The predicted octanol–water partition coefficient (Wildman–Crippen LogP) is 3.48. The molecule has 0 atom stereocenters. The van der Waals surface area contributed by atoms with Crippen LogP contribution in [0.5, 0.6) is 0 Å². The van der Waals surface area contributed by atoms with Gasteiger partial charge in [-0.15, -0.1) is 10.2 Å². The molecule has 1 aromatic carbocycles. The highest BCUT2D eigenvalue weighted by Crippen LogP contribution is 2.28. The van der Waals surface area contributed by atoms with Crippen molar-refractivity contribution in [2.45, 2.75) is 49.8 Å². The summed E-state index contributed by atoms with van der Waals surface area (Å²) in [7, 11) is 0. The van der Waals surface area contributed by atoms with Crippen LogP contribution in [0.1, 0.15) is 37.7 Å². The van der Waals surface area contributed by atoms with Gasteiger partial charge in [0.2, 0.25) is 11.8 Å². The van der Waals surface area contributed by atoms with Crippen molar-refractivity contribution in [1.82, 2.24) is 15.5 Å². The number of nitrogens with one attached hydrogen (secondary N) is 1. The van der Waals surface area contributed by atoms with Crippen LogP contribution < -0.4 is 5.32 Å². The van der Waals surface area contributed by atoms with E-state index in [1.165, 1.54) is 11.8 Å². The van der Waals surface area contributed by atoms with Crippen molar-refractivity contribution >= 4 is 17.7 Å². The number of benzene rings is 1. The maximum Gasteiger partial charge on any atom is 0.277 e. The molecule has 1 amide bonds. The summed E-state index contributed by atoms with van der Waals surface area (Å²) in [6.07, 6.45) is 4.52. The van der Waals surface area contributed by atoms with Gasteiger partial charge < -0.3 is 9.73 Å². The summed E-state index contributed by atoms with van der Waals surface area (Å²) in [6, 6.07) is 10.1. The van der Waals surface area contributed by atoms with E-state index in [-0.39, 0.29) is 11.7 Å². The third-order valence-electron chi connectivity index (χ3n) is 4.30. The normalized spacial score (nSPS) is 16.2. The van der Waals surface area contributed by atoms with E-state index in [0.29, 0.717) is 11.1 Å². The van der Waals surface area contributed by atoms with Crippen LogP contribution in [0.4, 0.5) is 0 Å². The number of thioether (sulfide) groups is 1. The first-order valence-corrected chi connectivity index (χ1v) is 9.34. The van der Waals surface area contributed by atoms with Crippen LogP contribution in [0.2, 0.25) is 0 Å². The lowest BCUT2D eigenvalue weighted by atomic mass is 9.83. The molecule has 1 aromatic heterocycles. The van der Waals surface area contributed by atoms with Crippen LogP contribution in [0, 0.1) is 18.3 Å². The van der Waals surface area contributed by atoms with Gasteiger partial charge >= 0.3 is 0 Å². The lowest BCUT2D eigenvalue weighted by molar-refractivity contribution is -0.120. The lowest BCUT2D eigenvalue weighted by Gasteiger charge is -2.31. The number of amides is 1. The van der Waals surface area contributed by atoms with Crippen molar-refractivity contribution in [1.29, 1.82) is 5.26 Å². The maximum absolute atomic E-state index is 12.2. The summed E-state index contributed by atoms with van der Waals surface area (Å²) in [5, 5.41) is 20.7. The molecule has 7 heteroatoms. The molecule has 0 spiro atoms. The number of rotatable bonds is 5. The Labute approximate surface area is 151 Å². The molecule has 130 valence electrons. The van der Waals surface area contributed by atoms with Crippen LogP contribution in [0.25, 0.3) is 11.5 Å². The summed E-state index contributed by atoms with van der Waals surface area (Å²) in [4.78, 5) is 12.2. The second kappa shape index (κ2) is 7.70. The fourth-order valence-corrected chi connectivity index (χ4v) is 3.58. The minimum absolute atomic E-state index is 0.152. The van der Waals surface area contributed by atoms with Crippen molar-refractivity contribution in [3.63, 3.8) is 0 Å². The first-order valence-electron chi connectivity index (χ1n) is 8.36. The Morgan fingerprint density at radius 3 is 2.88 bits per heavy atom. The molecule has 0 aliphatic heterocycles. The second-order valence-electron chi connectivity index (χ2n) is 6.33. The monoisotopic (exact) mass is 356 g/mol. The van der Waals surface area contributed by atoms with Crippen LogP contribution in [-0.4, -0.2) is 27.4 Å². The highest BCUT2D eigenvalue weighted by Gasteiger charge is 2.33. The Kier molecular flexibility index (Phi) is 5.39. The minimum Gasteiger partial charge on any atom is -0.411 e. The summed E-state index contributed by atoms with van der Waals surface area (Å²) in [5.74, 6) is 0.412. The van der Waals surface area contributed by atoms with Crippen LogP contribution in [-0.2, 0) is 4.79 Å². The molecular formula is C18H20N4O2S. The first kappa shape index (κ1) is 17.5. The van der Waals surface area contributed by atoms with Gasteiger partial charge in [-0.3, -0.25) is 4.79 Å². The number of aromatic nitrogens is 2. The second-order valence-corrected chi connectivity index (χ2v) is 7.26. The zero-order valence-electron chi connectivity index (χ0n) is 14.1. The number of carbonyl (C=O) groups excluding carboxylic acids is 1. The van der Waals surface area contributed by atoms with E-state index in [1.54, 1.807) is 0 Å². The average molecular weight is 356 g/mol. The Balaban J connectivity index is 1.57. The molecule has 1 aliphatic rings. The highest BCUT2D eigenvalue weighted by atomic mass is 32.2. The van der Waals surface area contributed by atoms with Crippen LogP contribution in [0.15, 0.2) is 33.9 Å². The number of hydrogen-bond donors (Lipinski definition) is 1. The quantitative estimate of drug-likeness (QED) is 0.825.